The van der Waals surface area contributed by atoms with Crippen LogP contribution < -0.4 is 18.9 Å². The molecule has 0 saturated heterocycles. The molecule has 0 aromatic heterocycles. The van der Waals surface area contributed by atoms with E-state index in [0.29, 0.717) is 45.3 Å². The van der Waals surface area contributed by atoms with Crippen LogP contribution in [0.1, 0.15) is 76.1 Å². The van der Waals surface area contributed by atoms with E-state index in [1.54, 1.807) is 36.4 Å². The van der Waals surface area contributed by atoms with E-state index in [4.69, 9.17) is 18.9 Å². The number of rotatable bonds is 16. The topological polar surface area (TPSA) is 74.3 Å². The van der Waals surface area contributed by atoms with Crippen molar-refractivity contribution >= 4 is 11.6 Å². The first-order valence-electron chi connectivity index (χ1n) is 13.7. The van der Waals surface area contributed by atoms with E-state index in [2.05, 4.69) is 13.2 Å². The van der Waals surface area contributed by atoms with Crippen LogP contribution in [0.25, 0.3) is 0 Å². The third kappa shape index (κ3) is 10.5. The first-order chi connectivity index (χ1) is 18.6. The summed E-state index contributed by atoms with van der Waals surface area (Å²) in [6, 6.07) is 10.4. The molecule has 0 amide bonds. The Morgan fingerprint density at radius 3 is 1.05 bits per heavy atom. The van der Waals surface area contributed by atoms with Gasteiger partial charge in [0.1, 0.15) is 23.0 Å². The fourth-order valence-electron chi connectivity index (χ4n) is 4.03. The maximum absolute atomic E-state index is 13.3. The molecule has 0 radical (unpaired) electrons. The minimum absolute atomic E-state index is 0.0548. The predicted molar refractivity (Wildman–Crippen MR) is 160 cm³/mol. The van der Waals surface area contributed by atoms with Gasteiger partial charge in [0.05, 0.1) is 24.4 Å². The van der Waals surface area contributed by atoms with Gasteiger partial charge in [0.25, 0.3) is 0 Å². The molecule has 2 aromatic carbocycles. The van der Waals surface area contributed by atoms with Crippen molar-refractivity contribution in [2.75, 3.05) is 20.1 Å². The Morgan fingerprint density at radius 2 is 0.825 bits per heavy atom. The summed E-state index contributed by atoms with van der Waals surface area (Å²) >= 11 is 0. The molecule has 0 heterocycles. The van der Waals surface area contributed by atoms with E-state index in [0.717, 1.165) is 0 Å². The van der Waals surface area contributed by atoms with E-state index in [1.807, 2.05) is 67.3 Å². The molecule has 0 atom stereocenters. The number of hydrogen-bond donors (Lipinski definition) is 0. The van der Waals surface area contributed by atoms with Crippen molar-refractivity contribution in [2.24, 2.45) is 0 Å². The van der Waals surface area contributed by atoms with Gasteiger partial charge in [-0.25, -0.2) is 0 Å². The largest absolute Gasteiger partial charge is 0.491 e. The standard InChI is InChI=1S/C33H45NO6/c1-20(2)37-28-12-26(13-29(16-28)38-21(3)4)32(35)24(9)18-34(11)19-25(10)33(36)27-14-30(39-22(5)6)17-31(15-27)40-23(7)8/h12-17,20-23H,9-10,18-19H2,1-8,11H3. The molecule has 0 fully saturated rings. The second-order valence-corrected chi connectivity index (χ2v) is 11.1. The summed E-state index contributed by atoms with van der Waals surface area (Å²) in [6.07, 6.45) is -0.219. The fraction of sp³-hybridized carbons (Fsp3) is 0.455. The van der Waals surface area contributed by atoms with E-state index in [1.165, 1.54) is 0 Å². The Balaban J connectivity index is 2.14. The van der Waals surface area contributed by atoms with Gasteiger partial charge in [-0.2, -0.15) is 0 Å². The van der Waals surface area contributed by atoms with Gasteiger partial charge in [-0.15, -0.1) is 0 Å². The maximum atomic E-state index is 13.3. The van der Waals surface area contributed by atoms with Crippen molar-refractivity contribution in [3.63, 3.8) is 0 Å². The average molecular weight is 552 g/mol. The number of ether oxygens (including phenoxy) is 4. The molecule has 0 spiro atoms. The number of ketones is 2. The third-order valence-corrected chi connectivity index (χ3v) is 5.34. The van der Waals surface area contributed by atoms with Crippen molar-refractivity contribution in [1.29, 1.82) is 0 Å². The highest BCUT2D eigenvalue weighted by molar-refractivity contribution is 6.10. The normalized spacial score (nSPS) is 11.3. The van der Waals surface area contributed by atoms with E-state index in [-0.39, 0.29) is 49.1 Å². The molecular weight excluding hydrogens is 506 g/mol. The minimum Gasteiger partial charge on any atom is -0.491 e. The highest BCUT2D eigenvalue weighted by Crippen LogP contribution is 2.28. The van der Waals surface area contributed by atoms with Gasteiger partial charge in [-0.1, -0.05) is 13.2 Å². The van der Waals surface area contributed by atoms with Crippen LogP contribution in [0.4, 0.5) is 0 Å². The maximum Gasteiger partial charge on any atom is 0.189 e. The van der Waals surface area contributed by atoms with Crippen molar-refractivity contribution in [3.05, 3.63) is 71.8 Å². The molecule has 0 unspecified atom stereocenters. The summed E-state index contributed by atoms with van der Waals surface area (Å²) < 4.78 is 23.3. The number of nitrogens with zero attached hydrogens (tertiary/aromatic N) is 1. The quantitative estimate of drug-likeness (QED) is 0.165. The number of carbonyl (C=O) groups is 2. The van der Waals surface area contributed by atoms with E-state index in [9.17, 15) is 9.59 Å². The highest BCUT2D eigenvalue weighted by atomic mass is 16.5. The van der Waals surface area contributed by atoms with Gasteiger partial charge in [0.15, 0.2) is 11.6 Å². The number of Topliss-reactive ketones (excluding diaryl/α,β-unsaturated/α-hetero) is 2. The highest BCUT2D eigenvalue weighted by Gasteiger charge is 2.19. The molecule has 0 aliphatic heterocycles. The van der Waals surface area contributed by atoms with Crippen LogP contribution in [0.5, 0.6) is 23.0 Å². The zero-order chi connectivity index (χ0) is 30.1. The Bertz CT molecular complexity index is 1060. The fourth-order valence-corrected chi connectivity index (χ4v) is 4.03. The zero-order valence-corrected chi connectivity index (χ0v) is 25.5. The van der Waals surface area contributed by atoms with Crippen LogP contribution in [0, 0.1) is 0 Å². The third-order valence-electron chi connectivity index (χ3n) is 5.34. The molecule has 2 rings (SSSR count). The molecule has 7 nitrogen and oxygen atoms in total. The molecule has 40 heavy (non-hydrogen) atoms. The number of benzene rings is 2. The molecule has 2 aromatic rings. The lowest BCUT2D eigenvalue weighted by Gasteiger charge is -2.20. The van der Waals surface area contributed by atoms with Crippen LogP contribution in [-0.2, 0) is 0 Å². The lowest BCUT2D eigenvalue weighted by Crippen LogP contribution is -2.27. The Kier molecular flexibility index (Phi) is 12.0. The molecule has 0 N–H and O–H groups in total. The van der Waals surface area contributed by atoms with Crippen LogP contribution in [0.2, 0.25) is 0 Å². The first kappa shape index (κ1) is 32.6. The Morgan fingerprint density at radius 1 is 0.575 bits per heavy atom. The molecule has 0 aliphatic carbocycles. The SMILES string of the molecule is C=C(CN(C)CC(=C)C(=O)c1cc(OC(C)C)cc(OC(C)C)c1)C(=O)c1cc(OC(C)C)cc(OC(C)C)c1. The molecular formula is C33H45NO6. The summed E-state index contributed by atoms with van der Waals surface area (Å²) in [5.41, 5.74) is 1.61. The minimum atomic E-state index is -0.222. The van der Waals surface area contributed by atoms with Gasteiger partial charge < -0.3 is 18.9 Å². The van der Waals surface area contributed by atoms with Crippen molar-refractivity contribution in [3.8, 4) is 23.0 Å². The number of carbonyl (C=O) groups excluding carboxylic acids is 2. The molecule has 0 bridgehead atoms. The summed E-state index contributed by atoms with van der Waals surface area (Å²) in [6.45, 7) is 23.9. The lowest BCUT2D eigenvalue weighted by molar-refractivity contribution is 0.102. The second kappa shape index (κ2) is 14.7. The predicted octanol–water partition coefficient (Wildman–Crippen LogP) is 6.95. The Hall–Kier alpha value is -3.58. The molecule has 0 saturated carbocycles. The van der Waals surface area contributed by atoms with Gasteiger partial charge in [0.2, 0.25) is 0 Å². The first-order valence-corrected chi connectivity index (χ1v) is 13.7. The summed E-state index contributed by atoms with van der Waals surface area (Å²) in [7, 11) is 1.81. The second-order valence-electron chi connectivity index (χ2n) is 11.1. The molecule has 0 aliphatic rings. The van der Waals surface area contributed by atoms with Gasteiger partial charge in [-0.05, 0) is 86.7 Å². The van der Waals surface area contributed by atoms with Crippen LogP contribution in [-0.4, -0.2) is 61.0 Å². The van der Waals surface area contributed by atoms with E-state index < -0.39 is 0 Å². The summed E-state index contributed by atoms with van der Waals surface area (Å²) in [4.78, 5) is 28.4. The van der Waals surface area contributed by atoms with Crippen LogP contribution >= 0.6 is 0 Å². The van der Waals surface area contributed by atoms with E-state index >= 15 is 0 Å². The smallest absolute Gasteiger partial charge is 0.189 e. The monoisotopic (exact) mass is 551 g/mol. The number of hydrogen-bond acceptors (Lipinski definition) is 7. The van der Waals surface area contributed by atoms with Crippen LogP contribution in [0.15, 0.2) is 60.7 Å². The van der Waals surface area contributed by atoms with Gasteiger partial charge in [-0.3, -0.25) is 14.5 Å². The van der Waals surface area contributed by atoms with Crippen molar-refractivity contribution in [1.82, 2.24) is 4.90 Å². The summed E-state index contributed by atoms with van der Waals surface area (Å²) in [5, 5.41) is 0. The zero-order valence-electron chi connectivity index (χ0n) is 25.5. The molecule has 218 valence electrons. The lowest BCUT2D eigenvalue weighted by atomic mass is 10.0. The van der Waals surface area contributed by atoms with Gasteiger partial charge >= 0.3 is 0 Å². The van der Waals surface area contributed by atoms with Gasteiger partial charge in [0, 0.05) is 47.5 Å². The van der Waals surface area contributed by atoms with Crippen LogP contribution in [0.3, 0.4) is 0 Å². The number of likely N-dealkylation sites (N-methyl/N-ethyl adjacent to an activating group) is 1. The summed E-state index contributed by atoms with van der Waals surface area (Å²) in [5.74, 6) is 1.78. The average Bonchev–Trinajstić information content (AvgIpc) is 2.80. The Labute approximate surface area is 239 Å². The van der Waals surface area contributed by atoms with Crippen molar-refractivity contribution < 1.29 is 28.5 Å². The molecule has 7 heteroatoms. The van der Waals surface area contributed by atoms with Crippen molar-refractivity contribution in [2.45, 2.75) is 79.8 Å².